The van der Waals surface area contributed by atoms with Gasteiger partial charge >= 0.3 is 0 Å². The lowest BCUT2D eigenvalue weighted by Gasteiger charge is -2.08. The molecule has 24 heavy (non-hydrogen) atoms. The summed E-state index contributed by atoms with van der Waals surface area (Å²) in [6.45, 7) is 4.49. The van der Waals surface area contributed by atoms with Crippen molar-refractivity contribution >= 4 is 28.1 Å². The van der Waals surface area contributed by atoms with Gasteiger partial charge in [-0.25, -0.2) is 5.43 Å². The van der Waals surface area contributed by atoms with Crippen LogP contribution in [0.5, 0.6) is 11.5 Å². The van der Waals surface area contributed by atoms with Gasteiger partial charge in [-0.15, -0.1) is 0 Å². The number of aromatic hydroxyl groups is 1. The van der Waals surface area contributed by atoms with Crippen molar-refractivity contribution in [3.63, 3.8) is 0 Å². The minimum Gasteiger partial charge on any atom is -0.503 e. The van der Waals surface area contributed by atoms with Crippen molar-refractivity contribution in [3.8, 4) is 11.5 Å². The SMILES string of the molecule is CCCCCCCCC(=O)NN=Cc1cc(Br)c(O)c(OCC)c1. The number of carbonyl (C=O) groups is 1. The predicted molar refractivity (Wildman–Crippen MR) is 101 cm³/mol. The molecule has 0 heterocycles. The van der Waals surface area contributed by atoms with Gasteiger partial charge < -0.3 is 9.84 Å². The molecule has 2 N–H and O–H groups in total. The zero-order valence-electron chi connectivity index (χ0n) is 14.5. The number of ether oxygens (including phenoxy) is 1. The number of rotatable bonds is 11. The molecule has 0 aliphatic heterocycles. The van der Waals surface area contributed by atoms with Crippen LogP contribution < -0.4 is 10.2 Å². The van der Waals surface area contributed by atoms with Crippen LogP contribution in [0.15, 0.2) is 21.7 Å². The Kier molecular flexibility index (Phi) is 10.2. The third kappa shape index (κ3) is 7.81. The van der Waals surface area contributed by atoms with Gasteiger partial charge in [-0.3, -0.25) is 4.79 Å². The molecule has 0 aliphatic rings. The van der Waals surface area contributed by atoms with Gasteiger partial charge in [0.2, 0.25) is 5.91 Å². The number of unbranched alkanes of at least 4 members (excludes halogenated alkanes) is 5. The highest BCUT2D eigenvalue weighted by Gasteiger charge is 2.08. The number of nitrogens with one attached hydrogen (secondary N) is 1. The van der Waals surface area contributed by atoms with Crippen LogP contribution in [-0.4, -0.2) is 23.8 Å². The molecule has 0 saturated heterocycles. The van der Waals surface area contributed by atoms with E-state index in [0.29, 0.717) is 23.2 Å². The molecule has 0 radical (unpaired) electrons. The monoisotopic (exact) mass is 398 g/mol. The third-order valence-electron chi connectivity index (χ3n) is 3.51. The number of carbonyl (C=O) groups excluding carboxylic acids is 1. The van der Waals surface area contributed by atoms with Crippen LogP contribution in [0.3, 0.4) is 0 Å². The zero-order valence-corrected chi connectivity index (χ0v) is 16.1. The Morgan fingerprint density at radius 2 is 1.96 bits per heavy atom. The van der Waals surface area contributed by atoms with Crippen molar-refractivity contribution in [1.82, 2.24) is 5.43 Å². The largest absolute Gasteiger partial charge is 0.503 e. The molecule has 0 fully saturated rings. The molecule has 1 rings (SSSR count). The Morgan fingerprint density at radius 1 is 1.25 bits per heavy atom. The maximum atomic E-state index is 11.7. The fourth-order valence-corrected chi connectivity index (χ4v) is 2.69. The van der Waals surface area contributed by atoms with E-state index < -0.39 is 0 Å². The first-order chi connectivity index (χ1) is 11.6. The van der Waals surface area contributed by atoms with E-state index >= 15 is 0 Å². The van der Waals surface area contributed by atoms with Gasteiger partial charge in [0.15, 0.2) is 11.5 Å². The quantitative estimate of drug-likeness (QED) is 0.320. The first-order valence-electron chi connectivity index (χ1n) is 8.55. The molecular formula is C18H27BrN2O3. The molecule has 0 saturated carbocycles. The van der Waals surface area contributed by atoms with Crippen LogP contribution in [0.25, 0.3) is 0 Å². The predicted octanol–water partition coefficient (Wildman–Crippen LogP) is 4.75. The fourth-order valence-electron chi connectivity index (χ4n) is 2.23. The molecule has 0 unspecified atom stereocenters. The van der Waals surface area contributed by atoms with Crippen LogP contribution in [0, 0.1) is 0 Å². The average Bonchev–Trinajstić information content (AvgIpc) is 2.55. The molecular weight excluding hydrogens is 372 g/mol. The smallest absolute Gasteiger partial charge is 0.240 e. The molecule has 0 bridgehead atoms. The molecule has 0 atom stereocenters. The number of nitrogens with zero attached hydrogens (tertiary/aromatic N) is 1. The number of hydrogen-bond donors (Lipinski definition) is 2. The third-order valence-corrected chi connectivity index (χ3v) is 4.12. The number of amides is 1. The summed E-state index contributed by atoms with van der Waals surface area (Å²) in [7, 11) is 0. The van der Waals surface area contributed by atoms with E-state index in [0.717, 1.165) is 18.4 Å². The molecule has 5 nitrogen and oxygen atoms in total. The molecule has 0 spiro atoms. The number of hydrogen-bond acceptors (Lipinski definition) is 4. The Morgan fingerprint density at radius 3 is 2.67 bits per heavy atom. The van der Waals surface area contributed by atoms with Crippen LogP contribution >= 0.6 is 15.9 Å². The molecule has 1 aromatic rings. The second-order valence-electron chi connectivity index (χ2n) is 5.59. The molecule has 1 aromatic carbocycles. The van der Waals surface area contributed by atoms with E-state index in [2.05, 4.69) is 33.4 Å². The summed E-state index contributed by atoms with van der Waals surface area (Å²) >= 11 is 3.27. The summed E-state index contributed by atoms with van der Waals surface area (Å²) in [5.41, 5.74) is 3.26. The molecule has 134 valence electrons. The lowest BCUT2D eigenvalue weighted by Crippen LogP contribution is -2.16. The number of halogens is 1. The van der Waals surface area contributed by atoms with E-state index in [9.17, 15) is 9.90 Å². The number of hydrazone groups is 1. The van der Waals surface area contributed by atoms with E-state index in [4.69, 9.17) is 4.74 Å². The summed E-state index contributed by atoms with van der Waals surface area (Å²) < 4.78 is 5.87. The Balaban J connectivity index is 2.39. The van der Waals surface area contributed by atoms with Gasteiger partial charge in [-0.05, 0) is 47.0 Å². The van der Waals surface area contributed by atoms with Crippen molar-refractivity contribution in [3.05, 3.63) is 22.2 Å². The zero-order chi connectivity index (χ0) is 17.8. The highest BCUT2D eigenvalue weighted by molar-refractivity contribution is 9.10. The summed E-state index contributed by atoms with van der Waals surface area (Å²) in [6, 6.07) is 3.38. The summed E-state index contributed by atoms with van der Waals surface area (Å²) in [5.74, 6) is 0.359. The van der Waals surface area contributed by atoms with Gasteiger partial charge in [0, 0.05) is 6.42 Å². The van der Waals surface area contributed by atoms with Gasteiger partial charge in [0.1, 0.15) is 0 Å². The van der Waals surface area contributed by atoms with Gasteiger partial charge in [0.05, 0.1) is 17.3 Å². The molecule has 1 amide bonds. The maximum Gasteiger partial charge on any atom is 0.240 e. The first-order valence-corrected chi connectivity index (χ1v) is 9.35. The van der Waals surface area contributed by atoms with E-state index in [1.54, 1.807) is 12.1 Å². The van der Waals surface area contributed by atoms with Crippen molar-refractivity contribution in [1.29, 1.82) is 0 Å². The highest BCUT2D eigenvalue weighted by atomic mass is 79.9. The number of phenols is 1. The molecule has 6 heteroatoms. The Bertz CT molecular complexity index is 547. The fraction of sp³-hybridized carbons (Fsp3) is 0.556. The second kappa shape index (κ2) is 11.9. The average molecular weight is 399 g/mol. The minimum atomic E-state index is -0.0791. The summed E-state index contributed by atoms with van der Waals surface area (Å²) in [5, 5.41) is 13.8. The van der Waals surface area contributed by atoms with Crippen molar-refractivity contribution < 1.29 is 14.6 Å². The van der Waals surface area contributed by atoms with Crippen LogP contribution in [-0.2, 0) is 4.79 Å². The normalized spacial score (nSPS) is 11.0. The summed E-state index contributed by atoms with van der Waals surface area (Å²) in [6.07, 6.45) is 8.93. The van der Waals surface area contributed by atoms with E-state index in [1.165, 1.54) is 31.9 Å². The van der Waals surface area contributed by atoms with Crippen molar-refractivity contribution in [2.45, 2.75) is 58.8 Å². The molecule has 0 aromatic heterocycles. The highest BCUT2D eigenvalue weighted by Crippen LogP contribution is 2.34. The van der Waals surface area contributed by atoms with Crippen LogP contribution in [0.4, 0.5) is 0 Å². The van der Waals surface area contributed by atoms with Crippen molar-refractivity contribution in [2.75, 3.05) is 6.61 Å². The standard InChI is InChI=1S/C18H27BrN2O3/c1-3-5-6-7-8-9-10-17(22)21-20-13-14-11-15(19)18(23)16(12-14)24-4-2/h11-13,23H,3-10H2,1-2H3,(H,21,22). The van der Waals surface area contributed by atoms with Gasteiger partial charge in [-0.1, -0.05) is 39.0 Å². The van der Waals surface area contributed by atoms with Gasteiger partial charge in [0.25, 0.3) is 0 Å². The van der Waals surface area contributed by atoms with E-state index in [-0.39, 0.29) is 11.7 Å². The van der Waals surface area contributed by atoms with E-state index in [1.807, 2.05) is 6.92 Å². The van der Waals surface area contributed by atoms with Gasteiger partial charge in [-0.2, -0.15) is 5.10 Å². The molecule has 0 aliphatic carbocycles. The second-order valence-corrected chi connectivity index (χ2v) is 6.45. The number of benzene rings is 1. The lowest BCUT2D eigenvalue weighted by atomic mass is 10.1. The minimum absolute atomic E-state index is 0.0566. The number of phenolic OH excluding ortho intramolecular Hbond substituents is 1. The lowest BCUT2D eigenvalue weighted by molar-refractivity contribution is -0.121. The summed E-state index contributed by atoms with van der Waals surface area (Å²) in [4.78, 5) is 11.7. The Hall–Kier alpha value is -1.56. The van der Waals surface area contributed by atoms with Crippen LogP contribution in [0.1, 0.15) is 64.4 Å². The first kappa shape index (κ1) is 20.5. The van der Waals surface area contributed by atoms with Crippen LogP contribution in [0.2, 0.25) is 0 Å². The van der Waals surface area contributed by atoms with Crippen molar-refractivity contribution in [2.24, 2.45) is 5.10 Å². The topological polar surface area (TPSA) is 70.9 Å². The maximum absolute atomic E-state index is 11.7. The Labute approximate surface area is 152 Å².